The second-order valence-corrected chi connectivity index (χ2v) is 8.13. The molecular formula is C19H14Cl2N6OS. The van der Waals surface area contributed by atoms with E-state index in [1.165, 1.54) is 22.3 Å². The van der Waals surface area contributed by atoms with Gasteiger partial charge < -0.3 is 0 Å². The van der Waals surface area contributed by atoms with Crippen LogP contribution in [0.4, 0.5) is 5.13 Å². The largest absolute Gasteiger partial charge is 0.298 e. The van der Waals surface area contributed by atoms with Gasteiger partial charge in [-0.25, -0.2) is 9.67 Å². The van der Waals surface area contributed by atoms with E-state index in [0.717, 1.165) is 16.1 Å². The Balaban J connectivity index is 1.52. The highest BCUT2D eigenvalue weighted by Gasteiger charge is 2.14. The average molecular weight is 445 g/mol. The zero-order valence-corrected chi connectivity index (χ0v) is 17.5. The summed E-state index contributed by atoms with van der Waals surface area (Å²) in [6.07, 6.45) is 2.06. The van der Waals surface area contributed by atoms with Gasteiger partial charge >= 0.3 is 0 Å². The molecule has 0 aliphatic carbocycles. The highest BCUT2D eigenvalue weighted by molar-refractivity contribution is 7.15. The molecule has 29 heavy (non-hydrogen) atoms. The molecule has 0 bridgehead atoms. The third-order valence-electron chi connectivity index (χ3n) is 4.19. The number of nitrogens with one attached hydrogen (secondary N) is 1. The van der Waals surface area contributed by atoms with Gasteiger partial charge in [-0.2, -0.15) is 0 Å². The van der Waals surface area contributed by atoms with E-state index in [4.69, 9.17) is 23.2 Å². The van der Waals surface area contributed by atoms with Crippen molar-refractivity contribution in [2.75, 3.05) is 5.32 Å². The lowest BCUT2D eigenvalue weighted by molar-refractivity contribution is 0.102. The number of carbonyl (C=O) groups is 1. The molecule has 0 radical (unpaired) electrons. The molecule has 4 aromatic rings. The van der Waals surface area contributed by atoms with Crippen LogP contribution in [0.1, 0.15) is 26.5 Å². The molecule has 2 aromatic carbocycles. The van der Waals surface area contributed by atoms with Crippen molar-refractivity contribution in [1.29, 1.82) is 0 Å². The maximum Gasteiger partial charge on any atom is 0.257 e. The summed E-state index contributed by atoms with van der Waals surface area (Å²) in [5.74, 6) is -0.263. The third-order valence-corrected chi connectivity index (χ3v) is 5.87. The van der Waals surface area contributed by atoms with Crippen LogP contribution in [-0.4, -0.2) is 31.1 Å². The molecule has 10 heteroatoms. The Labute approximate surface area is 180 Å². The van der Waals surface area contributed by atoms with Crippen LogP contribution in [0.2, 0.25) is 10.0 Å². The molecule has 0 saturated heterocycles. The molecule has 0 atom stereocenters. The first-order valence-electron chi connectivity index (χ1n) is 8.54. The smallest absolute Gasteiger partial charge is 0.257 e. The van der Waals surface area contributed by atoms with Crippen molar-refractivity contribution in [2.45, 2.75) is 13.3 Å². The number of amides is 1. The van der Waals surface area contributed by atoms with Crippen LogP contribution in [-0.2, 0) is 6.42 Å². The van der Waals surface area contributed by atoms with Gasteiger partial charge in [0.25, 0.3) is 5.91 Å². The van der Waals surface area contributed by atoms with Crippen molar-refractivity contribution in [3.05, 3.63) is 80.5 Å². The normalized spacial score (nSPS) is 10.9. The van der Waals surface area contributed by atoms with Crippen molar-refractivity contribution < 1.29 is 4.79 Å². The fourth-order valence-corrected chi connectivity index (χ4v) is 4.10. The molecule has 0 unspecified atom stereocenters. The lowest BCUT2D eigenvalue weighted by atomic mass is 10.1. The van der Waals surface area contributed by atoms with Crippen LogP contribution in [0.5, 0.6) is 0 Å². The quantitative estimate of drug-likeness (QED) is 0.486. The van der Waals surface area contributed by atoms with E-state index in [9.17, 15) is 4.79 Å². The number of hydrogen-bond acceptors (Lipinski definition) is 6. The van der Waals surface area contributed by atoms with Crippen LogP contribution in [0.15, 0.2) is 48.8 Å². The molecule has 0 aliphatic heterocycles. The van der Waals surface area contributed by atoms with E-state index in [-0.39, 0.29) is 5.91 Å². The molecule has 2 heterocycles. The van der Waals surface area contributed by atoms with Gasteiger partial charge in [-0.1, -0.05) is 29.3 Å². The maximum absolute atomic E-state index is 12.7. The number of halogens is 2. The fourth-order valence-electron chi connectivity index (χ4n) is 2.74. The average Bonchev–Trinajstić information content (AvgIpc) is 3.35. The lowest BCUT2D eigenvalue weighted by Gasteiger charge is -2.04. The van der Waals surface area contributed by atoms with E-state index in [2.05, 4.69) is 25.8 Å². The molecule has 0 aliphatic rings. The van der Waals surface area contributed by atoms with Crippen molar-refractivity contribution in [2.24, 2.45) is 0 Å². The fraction of sp³-hybridized carbons (Fsp3) is 0.105. The summed E-state index contributed by atoms with van der Waals surface area (Å²) in [4.78, 5) is 18.1. The Morgan fingerprint density at radius 3 is 2.86 bits per heavy atom. The molecule has 4 rings (SSSR count). The third kappa shape index (κ3) is 4.45. The van der Waals surface area contributed by atoms with Crippen LogP contribution in [0.3, 0.4) is 0 Å². The first-order chi connectivity index (χ1) is 14.0. The van der Waals surface area contributed by atoms with Gasteiger partial charge in [-0.3, -0.25) is 10.1 Å². The van der Waals surface area contributed by atoms with Gasteiger partial charge in [0.1, 0.15) is 6.33 Å². The van der Waals surface area contributed by atoms with Gasteiger partial charge in [0.05, 0.1) is 11.4 Å². The van der Waals surface area contributed by atoms with Crippen LogP contribution in [0.25, 0.3) is 5.69 Å². The van der Waals surface area contributed by atoms with E-state index in [1.807, 2.05) is 19.1 Å². The topological polar surface area (TPSA) is 85.6 Å². The predicted octanol–water partition coefficient (Wildman–Crippen LogP) is 4.58. The number of aromatic nitrogens is 5. The molecule has 2 aromatic heterocycles. The number of thiazole rings is 1. The van der Waals surface area contributed by atoms with Gasteiger partial charge in [0, 0.05) is 26.9 Å². The first-order valence-corrected chi connectivity index (χ1v) is 10.1. The first kappa shape index (κ1) is 19.5. The van der Waals surface area contributed by atoms with E-state index in [1.54, 1.807) is 30.3 Å². The Morgan fingerprint density at radius 2 is 2.07 bits per heavy atom. The minimum atomic E-state index is -0.263. The van der Waals surface area contributed by atoms with E-state index in [0.29, 0.717) is 32.8 Å². The van der Waals surface area contributed by atoms with Gasteiger partial charge in [-0.05, 0) is 59.3 Å². The highest BCUT2D eigenvalue weighted by atomic mass is 35.5. The Hall–Kier alpha value is -2.81. The van der Waals surface area contributed by atoms with Crippen molar-refractivity contribution in [1.82, 2.24) is 25.2 Å². The highest BCUT2D eigenvalue weighted by Crippen LogP contribution is 2.29. The van der Waals surface area contributed by atoms with Crippen molar-refractivity contribution in [3.63, 3.8) is 0 Å². The summed E-state index contributed by atoms with van der Waals surface area (Å²) in [5.41, 5.74) is 2.92. The van der Waals surface area contributed by atoms with Crippen molar-refractivity contribution in [3.8, 4) is 5.69 Å². The standard InChI is InChI=1S/C19H14Cl2N6OS/c1-11-17(9-13-7-14(20)5-6-16(13)21)29-19(23-11)24-18(28)12-3-2-4-15(8-12)27-10-22-25-26-27/h2-8,10H,9H2,1H3,(H,23,24,28). The second kappa shape index (κ2) is 8.28. The summed E-state index contributed by atoms with van der Waals surface area (Å²) >= 11 is 13.8. The zero-order valence-electron chi connectivity index (χ0n) is 15.1. The van der Waals surface area contributed by atoms with E-state index >= 15 is 0 Å². The summed E-state index contributed by atoms with van der Waals surface area (Å²) in [6, 6.07) is 12.4. The van der Waals surface area contributed by atoms with Gasteiger partial charge in [0.15, 0.2) is 5.13 Å². The summed E-state index contributed by atoms with van der Waals surface area (Å²) in [6.45, 7) is 1.90. The number of carbonyl (C=O) groups excluding carboxylic acids is 1. The Bertz CT molecular complexity index is 1180. The summed E-state index contributed by atoms with van der Waals surface area (Å²) < 4.78 is 1.48. The minimum absolute atomic E-state index is 0.263. The monoisotopic (exact) mass is 444 g/mol. The molecule has 0 fully saturated rings. The zero-order chi connectivity index (χ0) is 20.4. The molecule has 1 N–H and O–H groups in total. The molecule has 7 nitrogen and oxygen atoms in total. The Kier molecular flexibility index (Phi) is 5.57. The summed E-state index contributed by atoms with van der Waals surface area (Å²) in [5, 5.41) is 15.7. The Morgan fingerprint density at radius 1 is 1.21 bits per heavy atom. The molecule has 0 spiro atoms. The van der Waals surface area contributed by atoms with Crippen LogP contribution >= 0.6 is 34.5 Å². The van der Waals surface area contributed by atoms with Gasteiger partial charge in [0.2, 0.25) is 0 Å². The van der Waals surface area contributed by atoms with E-state index < -0.39 is 0 Å². The summed E-state index contributed by atoms with van der Waals surface area (Å²) in [7, 11) is 0. The molecular weight excluding hydrogens is 431 g/mol. The number of aryl methyl sites for hydroxylation is 1. The van der Waals surface area contributed by atoms with Gasteiger partial charge in [-0.15, -0.1) is 16.4 Å². The number of tetrazole rings is 1. The molecule has 1 amide bonds. The number of anilines is 1. The SMILES string of the molecule is Cc1nc(NC(=O)c2cccc(-n3cnnn3)c2)sc1Cc1cc(Cl)ccc1Cl. The molecule has 0 saturated carbocycles. The van der Waals surface area contributed by atoms with Crippen LogP contribution < -0.4 is 5.32 Å². The lowest BCUT2D eigenvalue weighted by Crippen LogP contribution is -2.12. The molecule has 146 valence electrons. The predicted molar refractivity (Wildman–Crippen MR) is 113 cm³/mol. The number of hydrogen-bond donors (Lipinski definition) is 1. The minimum Gasteiger partial charge on any atom is -0.298 e. The maximum atomic E-state index is 12.7. The second-order valence-electron chi connectivity index (χ2n) is 6.20. The van der Waals surface area contributed by atoms with Crippen molar-refractivity contribution >= 4 is 45.6 Å². The number of rotatable bonds is 5. The number of nitrogens with zero attached hydrogens (tertiary/aromatic N) is 5. The number of benzene rings is 2. The van der Waals surface area contributed by atoms with Crippen LogP contribution in [0, 0.1) is 6.92 Å².